The van der Waals surface area contributed by atoms with E-state index in [1.54, 1.807) is 0 Å². The van der Waals surface area contributed by atoms with Crippen molar-refractivity contribution in [2.24, 2.45) is 0 Å². The Bertz CT molecular complexity index is 393. The van der Waals surface area contributed by atoms with E-state index in [-0.39, 0.29) is 4.91 Å². The van der Waals surface area contributed by atoms with Crippen LogP contribution in [0, 0.1) is 0 Å². The SMILES string of the molecule is C=C(SCCOCCSCc1ccccc1)C(=O)O. The highest BCUT2D eigenvalue weighted by Crippen LogP contribution is 2.13. The molecule has 19 heavy (non-hydrogen) atoms. The lowest BCUT2D eigenvalue weighted by molar-refractivity contribution is -0.131. The Morgan fingerprint density at radius 2 is 1.89 bits per heavy atom. The molecule has 1 aromatic rings. The summed E-state index contributed by atoms with van der Waals surface area (Å²) in [6, 6.07) is 10.3. The van der Waals surface area contributed by atoms with Gasteiger partial charge in [-0.3, -0.25) is 0 Å². The van der Waals surface area contributed by atoms with Crippen molar-refractivity contribution in [1.82, 2.24) is 0 Å². The summed E-state index contributed by atoms with van der Waals surface area (Å²) in [6.07, 6.45) is 0. The molecule has 0 fully saturated rings. The van der Waals surface area contributed by atoms with Crippen LogP contribution in [0.4, 0.5) is 0 Å². The van der Waals surface area contributed by atoms with Crippen LogP contribution in [0.2, 0.25) is 0 Å². The molecule has 5 heteroatoms. The van der Waals surface area contributed by atoms with Gasteiger partial charge < -0.3 is 9.84 Å². The van der Waals surface area contributed by atoms with Crippen molar-refractivity contribution >= 4 is 29.5 Å². The van der Waals surface area contributed by atoms with Crippen LogP contribution in [0.3, 0.4) is 0 Å². The molecule has 0 radical (unpaired) electrons. The van der Waals surface area contributed by atoms with Gasteiger partial charge in [0, 0.05) is 17.3 Å². The van der Waals surface area contributed by atoms with Crippen LogP contribution in [0.15, 0.2) is 41.8 Å². The molecule has 3 nitrogen and oxygen atoms in total. The van der Waals surface area contributed by atoms with E-state index in [2.05, 4.69) is 18.7 Å². The van der Waals surface area contributed by atoms with E-state index >= 15 is 0 Å². The zero-order valence-corrected chi connectivity index (χ0v) is 12.3. The number of carbonyl (C=O) groups is 1. The molecular formula is C14H18O3S2. The van der Waals surface area contributed by atoms with Crippen molar-refractivity contribution in [2.75, 3.05) is 24.7 Å². The maximum Gasteiger partial charge on any atom is 0.341 e. The molecule has 0 aliphatic carbocycles. The van der Waals surface area contributed by atoms with E-state index in [0.717, 1.165) is 11.5 Å². The zero-order valence-electron chi connectivity index (χ0n) is 10.7. The first-order chi connectivity index (χ1) is 9.20. The predicted molar refractivity (Wildman–Crippen MR) is 82.7 cm³/mol. The third kappa shape index (κ3) is 7.97. The number of carboxylic acid groups (broad SMARTS) is 1. The second-order valence-electron chi connectivity index (χ2n) is 3.73. The van der Waals surface area contributed by atoms with Crippen molar-refractivity contribution in [1.29, 1.82) is 0 Å². The molecule has 0 spiro atoms. The molecule has 104 valence electrons. The minimum atomic E-state index is -0.955. The van der Waals surface area contributed by atoms with Gasteiger partial charge in [0.25, 0.3) is 0 Å². The standard InChI is InChI=1S/C14H18O3S2/c1-12(14(15)16)19-10-8-17-7-9-18-11-13-5-3-2-4-6-13/h2-6H,1,7-11H2,(H,15,16). The van der Waals surface area contributed by atoms with E-state index in [1.165, 1.54) is 17.3 Å². The number of benzene rings is 1. The Balaban J connectivity index is 1.92. The first kappa shape index (κ1) is 16.1. The molecular weight excluding hydrogens is 280 g/mol. The lowest BCUT2D eigenvalue weighted by atomic mass is 10.2. The first-order valence-electron chi connectivity index (χ1n) is 5.94. The predicted octanol–water partition coefficient (Wildman–Crippen LogP) is 3.27. The number of thioether (sulfide) groups is 2. The van der Waals surface area contributed by atoms with Crippen LogP contribution in [0.1, 0.15) is 5.56 Å². The highest BCUT2D eigenvalue weighted by atomic mass is 32.2. The Morgan fingerprint density at radius 3 is 2.58 bits per heavy atom. The number of rotatable bonds is 10. The Morgan fingerprint density at radius 1 is 1.21 bits per heavy atom. The minimum Gasteiger partial charge on any atom is -0.477 e. The van der Waals surface area contributed by atoms with Gasteiger partial charge in [0.15, 0.2) is 0 Å². The lowest BCUT2D eigenvalue weighted by Crippen LogP contribution is -2.03. The highest BCUT2D eigenvalue weighted by Gasteiger charge is 2.03. The van der Waals surface area contributed by atoms with Crippen molar-refractivity contribution < 1.29 is 14.6 Å². The highest BCUT2D eigenvalue weighted by molar-refractivity contribution is 8.03. The molecule has 1 rings (SSSR count). The number of aliphatic carboxylic acids is 1. The third-order valence-electron chi connectivity index (χ3n) is 2.23. The van der Waals surface area contributed by atoms with Crippen LogP contribution in [0.5, 0.6) is 0 Å². The normalized spacial score (nSPS) is 10.3. The molecule has 0 aromatic heterocycles. The Labute approximate surface area is 122 Å². The van der Waals surface area contributed by atoms with Gasteiger partial charge in [-0.1, -0.05) is 36.9 Å². The topological polar surface area (TPSA) is 46.5 Å². The lowest BCUT2D eigenvalue weighted by Gasteiger charge is -2.04. The molecule has 1 aromatic carbocycles. The molecule has 0 heterocycles. The van der Waals surface area contributed by atoms with Crippen molar-refractivity contribution in [2.45, 2.75) is 5.75 Å². The average molecular weight is 298 g/mol. The second kappa shape index (κ2) is 9.95. The maximum absolute atomic E-state index is 10.5. The summed E-state index contributed by atoms with van der Waals surface area (Å²) in [6.45, 7) is 4.69. The van der Waals surface area contributed by atoms with Gasteiger partial charge in [-0.15, -0.1) is 11.8 Å². The number of ether oxygens (including phenoxy) is 1. The van der Waals surface area contributed by atoms with Gasteiger partial charge in [-0.05, 0) is 5.56 Å². The van der Waals surface area contributed by atoms with E-state index < -0.39 is 5.97 Å². The molecule has 0 aliphatic heterocycles. The molecule has 0 amide bonds. The summed E-state index contributed by atoms with van der Waals surface area (Å²) in [4.78, 5) is 10.6. The van der Waals surface area contributed by atoms with Crippen molar-refractivity contribution in [3.63, 3.8) is 0 Å². The quantitative estimate of drug-likeness (QED) is 0.530. The Hall–Kier alpha value is -0.910. The number of carboxylic acids is 1. The van der Waals surface area contributed by atoms with Gasteiger partial charge in [0.05, 0.1) is 18.1 Å². The zero-order chi connectivity index (χ0) is 13.9. The molecule has 0 bridgehead atoms. The van der Waals surface area contributed by atoms with Gasteiger partial charge in [-0.25, -0.2) is 4.79 Å². The largest absolute Gasteiger partial charge is 0.477 e. The summed E-state index contributed by atoms with van der Waals surface area (Å²) >= 11 is 3.05. The summed E-state index contributed by atoms with van der Waals surface area (Å²) < 4.78 is 5.43. The van der Waals surface area contributed by atoms with E-state index in [9.17, 15) is 4.79 Å². The summed E-state index contributed by atoms with van der Waals surface area (Å²) in [5, 5.41) is 8.60. The van der Waals surface area contributed by atoms with Crippen molar-refractivity contribution in [3.8, 4) is 0 Å². The summed E-state index contributed by atoms with van der Waals surface area (Å²) in [5.74, 6) is 1.62. The van der Waals surface area contributed by atoms with E-state index in [1.807, 2.05) is 30.0 Å². The summed E-state index contributed by atoms with van der Waals surface area (Å²) in [7, 11) is 0. The third-order valence-corrected chi connectivity index (χ3v) is 4.11. The Kier molecular flexibility index (Phi) is 8.45. The molecule has 0 aliphatic rings. The van der Waals surface area contributed by atoms with E-state index in [4.69, 9.17) is 9.84 Å². The van der Waals surface area contributed by atoms with Gasteiger partial charge in [0.2, 0.25) is 0 Å². The number of hydrogen-bond donors (Lipinski definition) is 1. The number of hydrogen-bond acceptors (Lipinski definition) is 4. The average Bonchev–Trinajstić information content (AvgIpc) is 2.42. The molecule has 0 saturated heterocycles. The fourth-order valence-corrected chi connectivity index (χ4v) is 2.65. The monoisotopic (exact) mass is 298 g/mol. The van der Waals surface area contributed by atoms with Gasteiger partial charge in [0.1, 0.15) is 0 Å². The van der Waals surface area contributed by atoms with Crippen molar-refractivity contribution in [3.05, 3.63) is 47.4 Å². The van der Waals surface area contributed by atoms with Crippen LogP contribution in [-0.2, 0) is 15.3 Å². The maximum atomic E-state index is 10.5. The van der Waals surface area contributed by atoms with Gasteiger partial charge in [-0.2, -0.15) is 11.8 Å². The molecule has 0 atom stereocenters. The smallest absolute Gasteiger partial charge is 0.341 e. The minimum absolute atomic E-state index is 0.169. The van der Waals surface area contributed by atoms with E-state index in [0.29, 0.717) is 19.0 Å². The second-order valence-corrected chi connectivity index (χ2v) is 6.02. The van der Waals surface area contributed by atoms with Crippen LogP contribution in [0.25, 0.3) is 0 Å². The fraction of sp³-hybridized carbons (Fsp3) is 0.357. The molecule has 0 unspecified atom stereocenters. The first-order valence-corrected chi connectivity index (χ1v) is 8.08. The van der Waals surface area contributed by atoms with Crippen LogP contribution < -0.4 is 0 Å². The molecule has 1 N–H and O–H groups in total. The molecule has 0 saturated carbocycles. The fourth-order valence-electron chi connectivity index (χ4n) is 1.27. The summed E-state index contributed by atoms with van der Waals surface area (Å²) in [5.41, 5.74) is 1.32. The van der Waals surface area contributed by atoms with Crippen LogP contribution >= 0.6 is 23.5 Å². The van der Waals surface area contributed by atoms with Gasteiger partial charge >= 0.3 is 5.97 Å². The van der Waals surface area contributed by atoms with Crippen LogP contribution in [-0.4, -0.2) is 35.8 Å².